The molecule has 0 unspecified atom stereocenters. The van der Waals surface area contributed by atoms with Crippen LogP contribution in [-0.4, -0.2) is 22.4 Å². The summed E-state index contributed by atoms with van der Waals surface area (Å²) in [5.41, 5.74) is 2.47. The van der Waals surface area contributed by atoms with E-state index in [-0.39, 0.29) is 5.41 Å². The van der Waals surface area contributed by atoms with Crippen LogP contribution in [0.2, 0.25) is 0 Å². The Hall–Kier alpha value is -0.350. The Bertz CT molecular complexity index is 380. The number of halogens is 1. The molecule has 0 saturated carbocycles. The Morgan fingerprint density at radius 1 is 1.35 bits per heavy atom. The van der Waals surface area contributed by atoms with Gasteiger partial charge in [0.05, 0.1) is 10.2 Å². The lowest BCUT2D eigenvalue weighted by Crippen LogP contribution is -2.36. The normalized spacial score (nSPS) is 12.5. The second-order valence-electron chi connectivity index (χ2n) is 5.84. The molecule has 0 atom stereocenters. The molecule has 1 heterocycles. The Morgan fingerprint density at radius 3 is 2.35 bits per heavy atom. The van der Waals surface area contributed by atoms with Crippen molar-refractivity contribution in [2.75, 3.05) is 6.54 Å². The number of aryl methyl sites for hydroxylation is 1. The van der Waals surface area contributed by atoms with Crippen LogP contribution in [-0.2, 0) is 6.54 Å². The first kappa shape index (κ1) is 14.7. The molecule has 1 rings (SSSR count). The molecule has 4 heteroatoms. The predicted molar refractivity (Wildman–Crippen MR) is 76.3 cm³/mol. The van der Waals surface area contributed by atoms with E-state index in [1.54, 1.807) is 0 Å². The van der Waals surface area contributed by atoms with E-state index in [2.05, 4.69) is 65.6 Å². The van der Waals surface area contributed by atoms with Gasteiger partial charge in [0, 0.05) is 24.8 Å². The summed E-state index contributed by atoms with van der Waals surface area (Å²) in [7, 11) is 0. The van der Waals surface area contributed by atoms with E-state index in [1.165, 1.54) is 5.69 Å². The molecule has 0 aromatic carbocycles. The Labute approximate surface area is 113 Å². The average molecular weight is 302 g/mol. The highest BCUT2D eigenvalue weighted by atomic mass is 79.9. The van der Waals surface area contributed by atoms with Crippen LogP contribution in [0.1, 0.15) is 39.1 Å². The van der Waals surface area contributed by atoms with Crippen LogP contribution in [0.25, 0.3) is 0 Å². The lowest BCUT2D eigenvalue weighted by Gasteiger charge is -2.27. The van der Waals surface area contributed by atoms with Crippen molar-refractivity contribution in [1.29, 1.82) is 0 Å². The van der Waals surface area contributed by atoms with Crippen LogP contribution in [0, 0.1) is 19.3 Å². The fourth-order valence-electron chi connectivity index (χ4n) is 1.77. The Morgan fingerprint density at radius 2 is 1.94 bits per heavy atom. The monoisotopic (exact) mass is 301 g/mol. The summed E-state index contributed by atoms with van der Waals surface area (Å²) in [4.78, 5) is 0. The van der Waals surface area contributed by atoms with Crippen molar-refractivity contribution in [3.8, 4) is 0 Å². The number of rotatable bonds is 5. The van der Waals surface area contributed by atoms with E-state index in [9.17, 15) is 0 Å². The third-order valence-corrected chi connectivity index (χ3v) is 4.01. The van der Waals surface area contributed by atoms with E-state index in [4.69, 9.17) is 0 Å². The minimum atomic E-state index is 0.201. The SMILES string of the molecule is Cc1nn(CC(C)(C)CNC(C)C)c(C)c1Br. The molecule has 0 aliphatic carbocycles. The molecule has 3 nitrogen and oxygen atoms in total. The van der Waals surface area contributed by atoms with E-state index >= 15 is 0 Å². The molecule has 0 aliphatic rings. The smallest absolute Gasteiger partial charge is 0.0738 e. The van der Waals surface area contributed by atoms with Gasteiger partial charge in [0.25, 0.3) is 0 Å². The lowest BCUT2D eigenvalue weighted by molar-refractivity contribution is 0.266. The summed E-state index contributed by atoms with van der Waals surface area (Å²) in [6.45, 7) is 15.0. The van der Waals surface area contributed by atoms with Crippen molar-refractivity contribution in [2.45, 2.75) is 54.1 Å². The maximum Gasteiger partial charge on any atom is 0.0738 e. The highest BCUT2D eigenvalue weighted by molar-refractivity contribution is 9.10. The maximum atomic E-state index is 4.56. The topological polar surface area (TPSA) is 29.9 Å². The van der Waals surface area contributed by atoms with Gasteiger partial charge < -0.3 is 5.32 Å². The molecular weight excluding hydrogens is 278 g/mol. The molecule has 1 aromatic heterocycles. The van der Waals surface area contributed by atoms with Gasteiger partial charge in [0.1, 0.15) is 0 Å². The highest BCUT2D eigenvalue weighted by Gasteiger charge is 2.21. The zero-order valence-electron chi connectivity index (χ0n) is 11.8. The minimum absolute atomic E-state index is 0.201. The molecule has 0 spiro atoms. The van der Waals surface area contributed by atoms with Crippen molar-refractivity contribution < 1.29 is 0 Å². The van der Waals surface area contributed by atoms with Gasteiger partial charge in [-0.15, -0.1) is 0 Å². The van der Waals surface area contributed by atoms with Gasteiger partial charge in [-0.25, -0.2) is 0 Å². The number of hydrogen-bond donors (Lipinski definition) is 1. The largest absolute Gasteiger partial charge is 0.314 e. The van der Waals surface area contributed by atoms with Gasteiger partial charge in [-0.3, -0.25) is 4.68 Å². The molecule has 0 radical (unpaired) electrons. The Balaban J connectivity index is 2.72. The number of aromatic nitrogens is 2. The summed E-state index contributed by atoms with van der Waals surface area (Å²) >= 11 is 3.57. The van der Waals surface area contributed by atoms with Crippen LogP contribution in [0.4, 0.5) is 0 Å². The maximum absolute atomic E-state index is 4.56. The van der Waals surface area contributed by atoms with Gasteiger partial charge >= 0.3 is 0 Å². The highest BCUT2D eigenvalue weighted by Crippen LogP contribution is 2.24. The van der Waals surface area contributed by atoms with Crippen LogP contribution in [0.3, 0.4) is 0 Å². The van der Waals surface area contributed by atoms with E-state index in [0.717, 1.165) is 23.3 Å². The fraction of sp³-hybridized carbons (Fsp3) is 0.769. The van der Waals surface area contributed by atoms with Gasteiger partial charge in [-0.1, -0.05) is 27.7 Å². The summed E-state index contributed by atoms with van der Waals surface area (Å²) in [5, 5.41) is 8.06. The van der Waals surface area contributed by atoms with Crippen molar-refractivity contribution in [2.24, 2.45) is 5.41 Å². The quantitative estimate of drug-likeness (QED) is 0.904. The number of nitrogens with zero attached hydrogens (tertiary/aromatic N) is 2. The zero-order valence-corrected chi connectivity index (χ0v) is 13.3. The first-order valence-corrected chi connectivity index (χ1v) is 6.95. The third kappa shape index (κ3) is 4.11. The van der Waals surface area contributed by atoms with Gasteiger partial charge in [-0.2, -0.15) is 5.10 Å². The molecule has 0 amide bonds. The van der Waals surface area contributed by atoms with Crippen molar-refractivity contribution >= 4 is 15.9 Å². The fourth-order valence-corrected chi connectivity index (χ4v) is 2.05. The van der Waals surface area contributed by atoms with Gasteiger partial charge in [0.15, 0.2) is 0 Å². The van der Waals surface area contributed by atoms with Gasteiger partial charge in [-0.05, 0) is 35.2 Å². The van der Waals surface area contributed by atoms with Gasteiger partial charge in [0.2, 0.25) is 0 Å². The number of nitrogens with one attached hydrogen (secondary N) is 1. The molecule has 1 N–H and O–H groups in total. The molecule has 0 saturated heterocycles. The first-order valence-electron chi connectivity index (χ1n) is 6.16. The second-order valence-corrected chi connectivity index (χ2v) is 6.64. The molecule has 0 fully saturated rings. The second kappa shape index (κ2) is 5.53. The van der Waals surface area contributed by atoms with E-state index in [1.807, 2.05) is 6.92 Å². The number of hydrogen-bond acceptors (Lipinski definition) is 2. The van der Waals surface area contributed by atoms with E-state index < -0.39 is 0 Å². The standard InChI is InChI=1S/C13H24BrN3/c1-9(2)15-7-13(5,6)8-17-11(4)12(14)10(3)16-17/h9,15H,7-8H2,1-6H3. The van der Waals surface area contributed by atoms with Crippen molar-refractivity contribution in [1.82, 2.24) is 15.1 Å². The molecule has 1 aromatic rings. The predicted octanol–water partition coefficient (Wildman–Crippen LogP) is 3.29. The molecule has 98 valence electrons. The summed E-state index contributed by atoms with van der Waals surface area (Å²) in [6.07, 6.45) is 0. The average Bonchev–Trinajstić information content (AvgIpc) is 2.43. The zero-order chi connectivity index (χ0) is 13.2. The molecular formula is C13H24BrN3. The van der Waals surface area contributed by atoms with Crippen LogP contribution >= 0.6 is 15.9 Å². The minimum Gasteiger partial charge on any atom is -0.314 e. The van der Waals surface area contributed by atoms with Crippen LogP contribution < -0.4 is 5.32 Å². The molecule has 17 heavy (non-hydrogen) atoms. The van der Waals surface area contributed by atoms with E-state index in [0.29, 0.717) is 6.04 Å². The summed E-state index contributed by atoms with van der Waals surface area (Å²) in [5.74, 6) is 0. The van der Waals surface area contributed by atoms with Crippen LogP contribution in [0.15, 0.2) is 4.47 Å². The third-order valence-electron chi connectivity index (χ3n) is 2.86. The lowest BCUT2D eigenvalue weighted by atomic mass is 9.93. The summed E-state index contributed by atoms with van der Waals surface area (Å²) in [6, 6.07) is 0.529. The Kier molecular flexibility index (Phi) is 4.78. The first-order chi connectivity index (χ1) is 7.73. The van der Waals surface area contributed by atoms with Crippen LogP contribution in [0.5, 0.6) is 0 Å². The van der Waals surface area contributed by atoms with Crippen molar-refractivity contribution in [3.63, 3.8) is 0 Å². The van der Waals surface area contributed by atoms with Crippen molar-refractivity contribution in [3.05, 3.63) is 15.9 Å². The summed E-state index contributed by atoms with van der Waals surface area (Å²) < 4.78 is 3.23. The molecule has 0 bridgehead atoms. The molecule has 0 aliphatic heterocycles.